The molecule has 2 N–H and O–H groups in total. The van der Waals surface area contributed by atoms with E-state index in [1.165, 1.54) is 0 Å². The van der Waals surface area contributed by atoms with E-state index in [0.29, 0.717) is 5.82 Å². The summed E-state index contributed by atoms with van der Waals surface area (Å²) in [5, 5.41) is 5.40. The van der Waals surface area contributed by atoms with E-state index >= 15 is 0 Å². The number of nitrogens with zero attached hydrogens (tertiary/aromatic N) is 2. The summed E-state index contributed by atoms with van der Waals surface area (Å²) in [6.45, 7) is 0. The predicted octanol–water partition coefficient (Wildman–Crippen LogP) is 2.79. The zero-order valence-corrected chi connectivity index (χ0v) is 10.9. The van der Waals surface area contributed by atoms with Crippen LogP contribution in [0.3, 0.4) is 0 Å². The van der Waals surface area contributed by atoms with E-state index in [9.17, 15) is 4.79 Å². The van der Waals surface area contributed by atoms with E-state index in [-0.39, 0.29) is 6.03 Å². The number of benzene rings is 1. The van der Waals surface area contributed by atoms with Crippen LogP contribution in [0.1, 0.15) is 0 Å². The first-order valence-corrected chi connectivity index (χ1v) is 5.91. The number of aromatic nitrogens is 1. The van der Waals surface area contributed by atoms with E-state index in [1.54, 1.807) is 18.3 Å². The van der Waals surface area contributed by atoms with Crippen molar-refractivity contribution in [3.05, 3.63) is 48.7 Å². The van der Waals surface area contributed by atoms with Gasteiger partial charge >= 0.3 is 6.03 Å². The normalized spacial score (nSPS) is 9.79. The minimum atomic E-state index is -0.309. The first-order valence-electron chi connectivity index (χ1n) is 5.91. The lowest BCUT2D eigenvalue weighted by Gasteiger charge is -2.13. The molecule has 0 spiro atoms. The molecule has 0 saturated carbocycles. The Hall–Kier alpha value is -2.56. The van der Waals surface area contributed by atoms with Crippen molar-refractivity contribution in [3.63, 3.8) is 0 Å². The number of pyridine rings is 1. The zero-order chi connectivity index (χ0) is 13.7. The molecule has 1 aromatic carbocycles. The van der Waals surface area contributed by atoms with Crippen LogP contribution in [0, 0.1) is 0 Å². The van der Waals surface area contributed by atoms with Gasteiger partial charge in [-0.2, -0.15) is 0 Å². The van der Waals surface area contributed by atoms with Gasteiger partial charge in [0.05, 0.1) is 0 Å². The zero-order valence-electron chi connectivity index (χ0n) is 10.9. The summed E-state index contributed by atoms with van der Waals surface area (Å²) in [5.74, 6) is 0.518. The molecule has 2 amide bonds. The minimum absolute atomic E-state index is 0.309. The molecule has 0 aliphatic carbocycles. The predicted molar refractivity (Wildman–Crippen MR) is 77.6 cm³/mol. The summed E-state index contributed by atoms with van der Waals surface area (Å²) in [5.41, 5.74) is 1.81. The van der Waals surface area contributed by atoms with Crippen molar-refractivity contribution in [2.75, 3.05) is 29.6 Å². The van der Waals surface area contributed by atoms with Crippen molar-refractivity contribution in [2.45, 2.75) is 0 Å². The van der Waals surface area contributed by atoms with Crippen LogP contribution in [-0.2, 0) is 0 Å². The Morgan fingerprint density at radius 2 is 1.79 bits per heavy atom. The van der Waals surface area contributed by atoms with E-state index in [1.807, 2.05) is 49.3 Å². The summed E-state index contributed by atoms with van der Waals surface area (Å²) in [4.78, 5) is 17.7. The van der Waals surface area contributed by atoms with Gasteiger partial charge in [0, 0.05) is 31.7 Å². The number of carbonyl (C=O) groups is 1. The maximum Gasteiger partial charge on any atom is 0.324 e. The average Bonchev–Trinajstić information content (AvgIpc) is 2.40. The third kappa shape index (κ3) is 3.70. The van der Waals surface area contributed by atoms with Crippen LogP contribution in [0.15, 0.2) is 48.7 Å². The van der Waals surface area contributed by atoms with Gasteiger partial charge in [0.15, 0.2) is 0 Å². The largest absolute Gasteiger partial charge is 0.378 e. The second-order valence-electron chi connectivity index (χ2n) is 4.24. The summed E-state index contributed by atoms with van der Waals surface area (Å²) in [7, 11) is 3.94. The van der Waals surface area contributed by atoms with Crippen LogP contribution >= 0.6 is 0 Å². The number of rotatable bonds is 3. The number of hydrogen-bond acceptors (Lipinski definition) is 3. The summed E-state index contributed by atoms with van der Waals surface area (Å²) < 4.78 is 0. The van der Waals surface area contributed by atoms with Crippen molar-refractivity contribution in [1.82, 2.24) is 4.98 Å². The number of amides is 2. The fraction of sp³-hybridized carbons (Fsp3) is 0.143. The van der Waals surface area contributed by atoms with Crippen LogP contribution in [0.5, 0.6) is 0 Å². The Bertz CT molecular complexity index is 537. The molecule has 0 saturated heterocycles. The maximum absolute atomic E-state index is 11.7. The van der Waals surface area contributed by atoms with Crippen LogP contribution in [-0.4, -0.2) is 25.1 Å². The van der Waals surface area contributed by atoms with Crippen LogP contribution in [0.2, 0.25) is 0 Å². The topological polar surface area (TPSA) is 57.3 Å². The summed E-state index contributed by atoms with van der Waals surface area (Å²) >= 11 is 0. The van der Waals surface area contributed by atoms with Gasteiger partial charge in [-0.05, 0) is 36.4 Å². The Balaban J connectivity index is 1.95. The highest BCUT2D eigenvalue weighted by molar-refractivity contribution is 5.99. The molecular weight excluding hydrogens is 240 g/mol. The molecule has 2 rings (SSSR count). The van der Waals surface area contributed by atoms with Gasteiger partial charge in [-0.25, -0.2) is 9.78 Å². The number of nitrogens with one attached hydrogen (secondary N) is 2. The van der Waals surface area contributed by atoms with E-state index < -0.39 is 0 Å². The van der Waals surface area contributed by atoms with Gasteiger partial charge in [-0.1, -0.05) is 6.07 Å². The molecule has 0 bridgehead atoms. The Morgan fingerprint density at radius 1 is 1.05 bits per heavy atom. The van der Waals surface area contributed by atoms with Crippen molar-refractivity contribution in [2.24, 2.45) is 0 Å². The highest BCUT2D eigenvalue weighted by Gasteiger charge is 2.03. The quantitative estimate of drug-likeness (QED) is 0.887. The third-order valence-electron chi connectivity index (χ3n) is 2.55. The molecule has 2 aromatic rings. The molecule has 1 aromatic heterocycles. The van der Waals surface area contributed by atoms with Crippen molar-refractivity contribution in [3.8, 4) is 0 Å². The molecule has 0 aliphatic heterocycles. The fourth-order valence-corrected chi connectivity index (χ4v) is 1.56. The number of carbonyl (C=O) groups excluding carboxylic acids is 1. The van der Waals surface area contributed by atoms with Gasteiger partial charge in [0.25, 0.3) is 0 Å². The molecule has 0 fully saturated rings. The third-order valence-corrected chi connectivity index (χ3v) is 2.55. The van der Waals surface area contributed by atoms with Gasteiger partial charge in [0.1, 0.15) is 5.82 Å². The van der Waals surface area contributed by atoms with Gasteiger partial charge in [0.2, 0.25) is 0 Å². The first kappa shape index (κ1) is 12.9. The van der Waals surface area contributed by atoms with Crippen molar-refractivity contribution < 1.29 is 4.79 Å². The number of urea groups is 1. The fourth-order valence-electron chi connectivity index (χ4n) is 1.56. The molecule has 98 valence electrons. The second-order valence-corrected chi connectivity index (χ2v) is 4.24. The van der Waals surface area contributed by atoms with Gasteiger partial charge in [-0.3, -0.25) is 5.32 Å². The SMILES string of the molecule is CN(C)c1ccc(NC(=O)Nc2ccccn2)cc1. The lowest BCUT2D eigenvalue weighted by Crippen LogP contribution is -2.20. The molecule has 5 nitrogen and oxygen atoms in total. The molecule has 1 heterocycles. The molecule has 19 heavy (non-hydrogen) atoms. The number of hydrogen-bond donors (Lipinski definition) is 2. The molecule has 5 heteroatoms. The Morgan fingerprint density at radius 3 is 2.37 bits per heavy atom. The van der Waals surface area contributed by atoms with Gasteiger partial charge in [-0.15, -0.1) is 0 Å². The second kappa shape index (κ2) is 5.86. The molecule has 0 unspecified atom stereocenters. The standard InChI is InChI=1S/C14H16N4O/c1-18(2)12-8-6-11(7-9-12)16-14(19)17-13-5-3-4-10-15-13/h3-10H,1-2H3,(H2,15,16,17,19). The lowest BCUT2D eigenvalue weighted by atomic mass is 10.2. The average molecular weight is 256 g/mol. The van der Waals surface area contributed by atoms with E-state index in [0.717, 1.165) is 11.4 Å². The monoisotopic (exact) mass is 256 g/mol. The van der Waals surface area contributed by atoms with E-state index in [4.69, 9.17) is 0 Å². The number of anilines is 3. The summed E-state index contributed by atoms with van der Waals surface area (Å²) in [6, 6.07) is 12.6. The lowest BCUT2D eigenvalue weighted by molar-refractivity contribution is 0.262. The summed E-state index contributed by atoms with van der Waals surface area (Å²) in [6.07, 6.45) is 1.63. The highest BCUT2D eigenvalue weighted by atomic mass is 16.2. The Labute approximate surface area is 112 Å². The Kier molecular flexibility index (Phi) is 3.97. The molecular formula is C14H16N4O. The smallest absolute Gasteiger partial charge is 0.324 e. The van der Waals surface area contributed by atoms with Crippen LogP contribution in [0.25, 0.3) is 0 Å². The highest BCUT2D eigenvalue weighted by Crippen LogP contribution is 2.15. The van der Waals surface area contributed by atoms with Crippen molar-refractivity contribution >= 4 is 23.2 Å². The van der Waals surface area contributed by atoms with Crippen LogP contribution < -0.4 is 15.5 Å². The first-order chi connectivity index (χ1) is 9.15. The molecule has 0 aliphatic rings. The molecule has 0 atom stereocenters. The molecule has 0 radical (unpaired) electrons. The van der Waals surface area contributed by atoms with Crippen molar-refractivity contribution in [1.29, 1.82) is 0 Å². The van der Waals surface area contributed by atoms with Gasteiger partial charge < -0.3 is 10.2 Å². The van der Waals surface area contributed by atoms with Crippen LogP contribution in [0.4, 0.5) is 22.0 Å². The maximum atomic E-state index is 11.7. The minimum Gasteiger partial charge on any atom is -0.378 e. The van der Waals surface area contributed by atoms with E-state index in [2.05, 4.69) is 15.6 Å².